The van der Waals surface area contributed by atoms with Crippen molar-refractivity contribution in [1.29, 1.82) is 0 Å². The van der Waals surface area contributed by atoms with E-state index in [2.05, 4.69) is 5.10 Å². The zero-order chi connectivity index (χ0) is 14.1. The van der Waals surface area contributed by atoms with Gasteiger partial charge in [-0.3, -0.25) is 4.68 Å². The van der Waals surface area contributed by atoms with Gasteiger partial charge in [0.05, 0.1) is 11.6 Å². The van der Waals surface area contributed by atoms with Gasteiger partial charge in [0.15, 0.2) is 0 Å². The summed E-state index contributed by atoms with van der Waals surface area (Å²) >= 11 is 0. The first-order valence-electron chi connectivity index (χ1n) is 7.14. The van der Waals surface area contributed by atoms with Crippen molar-refractivity contribution < 1.29 is 8.78 Å². The summed E-state index contributed by atoms with van der Waals surface area (Å²) in [7, 11) is 0. The average molecular weight is 279 g/mol. The summed E-state index contributed by atoms with van der Waals surface area (Å²) in [6, 6.07) is 5.07. The van der Waals surface area contributed by atoms with E-state index in [0.717, 1.165) is 37.6 Å². The van der Waals surface area contributed by atoms with Crippen molar-refractivity contribution in [1.82, 2.24) is 9.78 Å². The summed E-state index contributed by atoms with van der Waals surface area (Å²) < 4.78 is 27.3. The highest BCUT2D eigenvalue weighted by molar-refractivity contribution is 5.78. The number of nitrogens with zero attached hydrogens (tertiary/aromatic N) is 2. The molecule has 0 saturated heterocycles. The van der Waals surface area contributed by atoms with Gasteiger partial charge in [0.1, 0.15) is 0 Å². The highest BCUT2D eigenvalue weighted by Crippen LogP contribution is 2.32. The molecule has 0 atom stereocenters. The van der Waals surface area contributed by atoms with E-state index in [9.17, 15) is 8.78 Å². The monoisotopic (exact) mass is 279 g/mol. The van der Waals surface area contributed by atoms with E-state index in [1.54, 1.807) is 6.07 Å². The SMILES string of the molecule is NCC1CCC(n2cc3ccc(C(F)F)cc3n2)CC1. The Morgan fingerprint density at radius 1 is 1.25 bits per heavy atom. The van der Waals surface area contributed by atoms with Crippen LogP contribution in [0, 0.1) is 5.92 Å². The molecule has 5 heteroatoms. The highest BCUT2D eigenvalue weighted by atomic mass is 19.3. The minimum absolute atomic E-state index is 0.0367. The fraction of sp³-hybridized carbons (Fsp3) is 0.533. The normalized spacial score (nSPS) is 23.6. The fourth-order valence-electron chi connectivity index (χ4n) is 3.02. The van der Waals surface area contributed by atoms with Crippen LogP contribution in [-0.4, -0.2) is 16.3 Å². The lowest BCUT2D eigenvalue weighted by atomic mass is 9.86. The van der Waals surface area contributed by atoms with Gasteiger partial charge < -0.3 is 5.73 Å². The van der Waals surface area contributed by atoms with E-state index in [1.165, 1.54) is 12.1 Å². The van der Waals surface area contributed by atoms with E-state index < -0.39 is 6.43 Å². The quantitative estimate of drug-likeness (QED) is 0.931. The van der Waals surface area contributed by atoms with Crippen molar-refractivity contribution in [2.45, 2.75) is 38.2 Å². The van der Waals surface area contributed by atoms with Crippen molar-refractivity contribution in [2.75, 3.05) is 6.54 Å². The molecule has 0 bridgehead atoms. The molecular weight excluding hydrogens is 260 g/mol. The van der Waals surface area contributed by atoms with E-state index in [0.29, 0.717) is 17.5 Å². The summed E-state index contributed by atoms with van der Waals surface area (Å²) in [6.45, 7) is 0.756. The van der Waals surface area contributed by atoms with Crippen LogP contribution < -0.4 is 5.73 Å². The maximum absolute atomic E-state index is 12.7. The first-order chi connectivity index (χ1) is 9.67. The van der Waals surface area contributed by atoms with Crippen molar-refractivity contribution in [3.63, 3.8) is 0 Å². The van der Waals surface area contributed by atoms with Crippen LogP contribution >= 0.6 is 0 Å². The van der Waals surface area contributed by atoms with Crippen LogP contribution in [0.5, 0.6) is 0 Å². The van der Waals surface area contributed by atoms with Gasteiger partial charge in [-0.25, -0.2) is 8.78 Å². The number of halogens is 2. The van der Waals surface area contributed by atoms with Crippen molar-refractivity contribution in [3.8, 4) is 0 Å². The molecular formula is C15H19F2N3. The van der Waals surface area contributed by atoms with Gasteiger partial charge in [-0.15, -0.1) is 0 Å². The molecule has 1 saturated carbocycles. The predicted molar refractivity (Wildman–Crippen MR) is 74.7 cm³/mol. The van der Waals surface area contributed by atoms with Crippen LogP contribution in [0.15, 0.2) is 24.4 Å². The number of rotatable bonds is 3. The second kappa shape index (κ2) is 5.48. The maximum Gasteiger partial charge on any atom is 0.263 e. The second-order valence-electron chi connectivity index (χ2n) is 5.64. The Kier molecular flexibility index (Phi) is 3.70. The summed E-state index contributed by atoms with van der Waals surface area (Å²) in [5.74, 6) is 0.627. The minimum atomic E-state index is -2.44. The third-order valence-electron chi connectivity index (χ3n) is 4.32. The second-order valence-corrected chi connectivity index (χ2v) is 5.64. The number of nitrogens with two attached hydrogens (primary N) is 1. The van der Waals surface area contributed by atoms with Gasteiger partial charge in [0.2, 0.25) is 0 Å². The lowest BCUT2D eigenvalue weighted by Crippen LogP contribution is -2.23. The van der Waals surface area contributed by atoms with Crippen molar-refractivity contribution in [3.05, 3.63) is 30.0 Å². The minimum Gasteiger partial charge on any atom is -0.330 e. The Bertz CT molecular complexity index is 586. The van der Waals surface area contributed by atoms with E-state index in [1.807, 2.05) is 10.9 Å². The van der Waals surface area contributed by atoms with Crippen LogP contribution in [0.25, 0.3) is 10.9 Å². The number of aromatic nitrogens is 2. The summed E-state index contributed by atoms with van der Waals surface area (Å²) in [5.41, 5.74) is 6.39. The van der Waals surface area contributed by atoms with Gasteiger partial charge in [-0.05, 0) is 44.2 Å². The molecule has 1 aromatic heterocycles. The molecule has 0 amide bonds. The summed E-state index contributed by atoms with van der Waals surface area (Å²) in [5, 5.41) is 5.41. The molecule has 1 aliphatic rings. The molecule has 3 rings (SSSR count). The highest BCUT2D eigenvalue weighted by Gasteiger charge is 2.22. The number of hydrogen-bond donors (Lipinski definition) is 1. The molecule has 20 heavy (non-hydrogen) atoms. The molecule has 0 radical (unpaired) electrons. The molecule has 0 unspecified atom stereocenters. The Morgan fingerprint density at radius 2 is 2.00 bits per heavy atom. The van der Waals surface area contributed by atoms with Crippen molar-refractivity contribution >= 4 is 10.9 Å². The Hall–Kier alpha value is -1.49. The van der Waals surface area contributed by atoms with E-state index >= 15 is 0 Å². The first kappa shape index (κ1) is 13.5. The van der Waals surface area contributed by atoms with E-state index in [-0.39, 0.29) is 5.56 Å². The van der Waals surface area contributed by atoms with Gasteiger partial charge in [0, 0.05) is 17.1 Å². The largest absolute Gasteiger partial charge is 0.330 e. The maximum atomic E-state index is 12.7. The zero-order valence-corrected chi connectivity index (χ0v) is 11.3. The fourth-order valence-corrected chi connectivity index (χ4v) is 3.02. The molecule has 1 aliphatic carbocycles. The van der Waals surface area contributed by atoms with Crippen LogP contribution in [-0.2, 0) is 0 Å². The third kappa shape index (κ3) is 2.54. The van der Waals surface area contributed by atoms with E-state index in [4.69, 9.17) is 5.73 Å². The van der Waals surface area contributed by atoms with Crippen LogP contribution in [0.2, 0.25) is 0 Å². The van der Waals surface area contributed by atoms with Crippen LogP contribution in [0.3, 0.4) is 0 Å². The van der Waals surface area contributed by atoms with Gasteiger partial charge in [-0.2, -0.15) is 5.10 Å². The Morgan fingerprint density at radius 3 is 2.65 bits per heavy atom. The third-order valence-corrected chi connectivity index (χ3v) is 4.32. The Labute approximate surface area is 116 Å². The van der Waals surface area contributed by atoms with Crippen LogP contribution in [0.1, 0.15) is 43.7 Å². The lowest BCUT2D eigenvalue weighted by Gasteiger charge is -2.27. The van der Waals surface area contributed by atoms with Crippen LogP contribution in [0.4, 0.5) is 8.78 Å². The summed E-state index contributed by atoms with van der Waals surface area (Å²) in [6.07, 6.45) is 3.91. The number of benzene rings is 1. The molecule has 108 valence electrons. The molecule has 0 spiro atoms. The number of alkyl halides is 2. The zero-order valence-electron chi connectivity index (χ0n) is 11.3. The topological polar surface area (TPSA) is 43.8 Å². The molecule has 1 fully saturated rings. The lowest BCUT2D eigenvalue weighted by molar-refractivity contribution is 0.151. The van der Waals surface area contributed by atoms with Gasteiger partial charge in [-0.1, -0.05) is 12.1 Å². The molecule has 1 aromatic carbocycles. The molecule has 2 N–H and O–H groups in total. The van der Waals surface area contributed by atoms with Gasteiger partial charge >= 0.3 is 0 Å². The first-order valence-corrected chi connectivity index (χ1v) is 7.14. The van der Waals surface area contributed by atoms with Crippen molar-refractivity contribution in [2.24, 2.45) is 11.7 Å². The predicted octanol–water partition coefficient (Wildman–Crippen LogP) is 3.66. The Balaban J connectivity index is 1.82. The average Bonchev–Trinajstić information content (AvgIpc) is 2.90. The molecule has 2 aromatic rings. The standard InChI is InChI=1S/C15H19F2N3/c16-15(17)11-3-4-12-9-20(19-14(12)7-11)13-5-1-10(8-18)2-6-13/h3-4,7,9-10,13,15H,1-2,5-6,8,18H2. The van der Waals surface area contributed by atoms with Gasteiger partial charge in [0.25, 0.3) is 6.43 Å². The molecule has 1 heterocycles. The smallest absolute Gasteiger partial charge is 0.263 e. The molecule has 0 aliphatic heterocycles. The number of hydrogen-bond acceptors (Lipinski definition) is 2. The summed E-state index contributed by atoms with van der Waals surface area (Å²) in [4.78, 5) is 0. The molecule has 3 nitrogen and oxygen atoms in total. The number of fused-ring (bicyclic) bond motifs is 1.